The molecule has 2 aromatic rings. The van der Waals surface area contributed by atoms with Gasteiger partial charge in [-0.3, -0.25) is 28.9 Å². The van der Waals surface area contributed by atoms with Gasteiger partial charge in [-0.2, -0.15) is 8.78 Å². The molecule has 15 nitrogen and oxygen atoms in total. The van der Waals surface area contributed by atoms with Gasteiger partial charge in [0.1, 0.15) is 23.4 Å². The lowest BCUT2D eigenvalue weighted by atomic mass is 9.83. The lowest BCUT2D eigenvalue weighted by molar-refractivity contribution is -0.218. The third-order valence-corrected chi connectivity index (χ3v) is 15.4. The minimum atomic E-state index is -4.39. The number of ether oxygens (including phenoxy) is 3. The average molecular weight is 880 g/mol. The van der Waals surface area contributed by atoms with Crippen LogP contribution >= 0.6 is 0 Å². The predicted molar refractivity (Wildman–Crippen MR) is 217 cm³/mol. The number of methoxy groups -OCH3 is 2. The number of rotatable bonds is 11. The summed E-state index contributed by atoms with van der Waals surface area (Å²) in [5.41, 5.74) is -4.62. The van der Waals surface area contributed by atoms with Gasteiger partial charge in [0.05, 0.1) is 24.5 Å². The van der Waals surface area contributed by atoms with Crippen molar-refractivity contribution in [1.82, 2.24) is 24.8 Å². The highest BCUT2D eigenvalue weighted by Crippen LogP contribution is 2.52. The number of carboxylic acid groups (broad SMARTS) is 1. The summed E-state index contributed by atoms with van der Waals surface area (Å²) >= 11 is 0. The second-order valence-corrected chi connectivity index (χ2v) is 19.7. The summed E-state index contributed by atoms with van der Waals surface area (Å²) in [5.74, 6) is -6.76. The molecule has 3 heterocycles. The van der Waals surface area contributed by atoms with Gasteiger partial charge in [-0.15, -0.1) is 0 Å². The molecule has 4 amide bonds. The highest BCUT2D eigenvalue weighted by atomic mass is 32.2. The zero-order valence-corrected chi connectivity index (χ0v) is 36.5. The standard InChI is InChI=1S/C42H56F3N5O10S/c1-9-24(4)49(38(54)55)34-25(10-2)17-23(3)13-11-12-14-26-21-41(26,37(53)48-61(56,57)39(5)15-16-39)47-35(51)30-22-40(6,42(44,45)50(30)36(34)52)60-31-20-33(59-8)46-29-19-32(58-7)28(43)18-27(29)31/h12,14,18-20,23-26,30,34H,9-11,13,15-17,21-22H2,1-8H3,(H,47,51)(H,48,53)(H,54,55)/b14-12-/t23-,24?,25-,26-,30+,34+,40-,41-/m1/s1. The number of carbonyl (C=O) groups is 4. The number of nitrogens with zero attached hydrogens (tertiary/aromatic N) is 3. The minimum Gasteiger partial charge on any atom is -0.494 e. The largest absolute Gasteiger partial charge is 0.494 e. The van der Waals surface area contributed by atoms with Crippen LogP contribution in [-0.2, 0) is 24.4 Å². The normalized spacial score (nSPS) is 30.7. The summed E-state index contributed by atoms with van der Waals surface area (Å²) in [6.07, 6.45) is 3.42. The smallest absolute Gasteiger partial charge is 0.408 e. The van der Waals surface area contributed by atoms with Crippen molar-refractivity contribution in [3.8, 4) is 17.4 Å². The number of hydrogen-bond acceptors (Lipinski definition) is 10. The van der Waals surface area contributed by atoms with Crippen LogP contribution in [0.4, 0.5) is 18.0 Å². The van der Waals surface area contributed by atoms with Gasteiger partial charge in [0.2, 0.25) is 21.8 Å². The van der Waals surface area contributed by atoms with Gasteiger partial charge in [0, 0.05) is 35.9 Å². The fourth-order valence-corrected chi connectivity index (χ4v) is 10.0. The van der Waals surface area contributed by atoms with Gasteiger partial charge < -0.3 is 24.6 Å². The molecule has 4 aliphatic rings. The van der Waals surface area contributed by atoms with Crippen LogP contribution in [0.1, 0.15) is 99.3 Å². The Hall–Kier alpha value is -4.81. The number of amides is 4. The first-order valence-corrected chi connectivity index (χ1v) is 22.2. The SMILES string of the molecule is CCC(C)N(C(=O)O)[C@@H]1C(=O)N2[C@@H](C[C@@](C)(Oc3cc(OC)nc4cc(OC)c(F)cc34)C2(F)F)C(=O)N[C@]2(C(=O)NS(=O)(=O)C3(C)CC3)C[C@H]2/C=C\CC[C@@H](C)C[C@H]1CC. The van der Waals surface area contributed by atoms with E-state index in [4.69, 9.17) is 14.2 Å². The molecule has 2 saturated carbocycles. The first-order valence-electron chi connectivity index (χ1n) is 20.7. The van der Waals surface area contributed by atoms with Gasteiger partial charge in [-0.05, 0) is 83.6 Å². The monoisotopic (exact) mass is 879 g/mol. The maximum Gasteiger partial charge on any atom is 0.408 e. The van der Waals surface area contributed by atoms with Crippen molar-refractivity contribution in [3.05, 3.63) is 36.2 Å². The van der Waals surface area contributed by atoms with Crippen molar-refractivity contribution in [1.29, 1.82) is 0 Å². The Kier molecular flexibility index (Phi) is 12.3. The highest BCUT2D eigenvalue weighted by molar-refractivity contribution is 7.91. The van der Waals surface area contributed by atoms with Crippen molar-refractivity contribution in [3.63, 3.8) is 0 Å². The maximum atomic E-state index is 17.8. The van der Waals surface area contributed by atoms with Crippen LogP contribution in [0.15, 0.2) is 30.4 Å². The number of aromatic nitrogens is 1. The van der Waals surface area contributed by atoms with E-state index < -0.39 is 98.0 Å². The summed E-state index contributed by atoms with van der Waals surface area (Å²) in [4.78, 5) is 62.5. The Morgan fingerprint density at radius 3 is 2.38 bits per heavy atom. The quantitative estimate of drug-likeness (QED) is 0.173. The van der Waals surface area contributed by atoms with Gasteiger partial charge >= 0.3 is 12.1 Å². The molecule has 0 spiro atoms. The molecule has 3 fully saturated rings. The predicted octanol–water partition coefficient (Wildman–Crippen LogP) is 6.15. The molecule has 19 heteroatoms. The summed E-state index contributed by atoms with van der Waals surface area (Å²) in [5, 5.41) is 13.2. The van der Waals surface area contributed by atoms with E-state index in [9.17, 15) is 27.9 Å². The molecule has 0 bridgehead atoms. The Morgan fingerprint density at radius 1 is 1.10 bits per heavy atom. The summed E-state index contributed by atoms with van der Waals surface area (Å²) in [6, 6.07) is -5.65. The van der Waals surface area contributed by atoms with Gasteiger partial charge in [-0.25, -0.2) is 22.6 Å². The molecule has 1 saturated heterocycles. The molecule has 2 aliphatic carbocycles. The second kappa shape index (κ2) is 16.5. The van der Waals surface area contributed by atoms with E-state index in [0.717, 1.165) is 24.0 Å². The molecule has 61 heavy (non-hydrogen) atoms. The van der Waals surface area contributed by atoms with E-state index in [2.05, 4.69) is 15.0 Å². The Balaban J connectivity index is 1.52. The number of carbonyl (C=O) groups excluding carboxylic acids is 3. The summed E-state index contributed by atoms with van der Waals surface area (Å²) in [7, 11) is -1.70. The van der Waals surface area contributed by atoms with E-state index in [0.29, 0.717) is 25.7 Å². The number of pyridine rings is 1. The molecule has 0 radical (unpaired) electrons. The fourth-order valence-electron chi connectivity index (χ4n) is 8.73. The van der Waals surface area contributed by atoms with Crippen LogP contribution in [0.2, 0.25) is 0 Å². The van der Waals surface area contributed by atoms with E-state index in [1.54, 1.807) is 26.8 Å². The Labute approximate surface area is 353 Å². The first kappa shape index (κ1) is 45.7. The van der Waals surface area contributed by atoms with Crippen molar-refractivity contribution < 1.29 is 60.1 Å². The lowest BCUT2D eigenvalue weighted by Crippen LogP contribution is -2.65. The zero-order chi connectivity index (χ0) is 45.0. The summed E-state index contributed by atoms with van der Waals surface area (Å²) in [6.45, 7) is 9.38. The van der Waals surface area contributed by atoms with Gasteiger partial charge in [-0.1, -0.05) is 39.3 Å². The van der Waals surface area contributed by atoms with Crippen LogP contribution < -0.4 is 24.2 Å². The van der Waals surface area contributed by atoms with Crippen molar-refractivity contribution >= 4 is 44.7 Å². The number of halogens is 3. The average Bonchev–Trinajstić information content (AvgIpc) is 4.11. The van der Waals surface area contributed by atoms with Crippen LogP contribution in [-0.4, -0.2) is 106 Å². The van der Waals surface area contributed by atoms with Gasteiger partial charge in [0.15, 0.2) is 17.2 Å². The van der Waals surface area contributed by atoms with E-state index >= 15 is 18.0 Å². The minimum absolute atomic E-state index is 0.0441. The fraction of sp³-hybridized carbons (Fsp3) is 0.643. The lowest BCUT2D eigenvalue weighted by Gasteiger charge is -2.43. The molecule has 1 aromatic carbocycles. The van der Waals surface area contributed by atoms with E-state index in [1.165, 1.54) is 27.2 Å². The number of allylic oxidation sites excluding steroid dienone is 1. The molecule has 8 atom stereocenters. The highest BCUT2D eigenvalue weighted by Gasteiger charge is 2.71. The number of alkyl halides is 2. The van der Waals surface area contributed by atoms with Crippen molar-refractivity contribution in [2.75, 3.05) is 14.2 Å². The second-order valence-electron chi connectivity index (χ2n) is 17.5. The molecule has 1 aromatic heterocycles. The topological polar surface area (TPSA) is 194 Å². The van der Waals surface area contributed by atoms with Crippen LogP contribution in [0, 0.1) is 23.6 Å². The molecule has 336 valence electrons. The molecule has 1 unspecified atom stereocenters. The molecule has 6 rings (SSSR count). The summed E-state index contributed by atoms with van der Waals surface area (Å²) < 4.78 is 94.9. The molecular weight excluding hydrogens is 824 g/mol. The first-order chi connectivity index (χ1) is 28.5. The van der Waals surface area contributed by atoms with E-state index in [1.807, 2.05) is 13.0 Å². The molecule has 2 aliphatic heterocycles. The number of benzene rings is 1. The zero-order valence-electron chi connectivity index (χ0n) is 35.7. The third-order valence-electron chi connectivity index (χ3n) is 13.2. The van der Waals surface area contributed by atoms with Crippen LogP contribution in [0.25, 0.3) is 10.9 Å². The van der Waals surface area contributed by atoms with Gasteiger partial charge in [0.25, 0.3) is 11.8 Å². The number of sulfonamides is 1. The van der Waals surface area contributed by atoms with Crippen LogP contribution in [0.3, 0.4) is 0 Å². The number of nitrogens with one attached hydrogen (secondary N) is 2. The molecule has 3 N–H and O–H groups in total. The van der Waals surface area contributed by atoms with E-state index in [-0.39, 0.29) is 64.8 Å². The number of hydrogen-bond donors (Lipinski definition) is 3. The Bertz CT molecular complexity index is 2220. The Morgan fingerprint density at radius 2 is 1.79 bits per heavy atom. The van der Waals surface area contributed by atoms with Crippen molar-refractivity contribution in [2.45, 2.75) is 139 Å². The number of fused-ring (bicyclic) bond motifs is 3. The third kappa shape index (κ3) is 8.18. The van der Waals surface area contributed by atoms with Crippen molar-refractivity contribution in [2.24, 2.45) is 17.8 Å². The maximum absolute atomic E-state index is 17.8. The molecular formula is C42H56F3N5O10S. The van der Waals surface area contributed by atoms with Crippen LogP contribution in [0.5, 0.6) is 17.4 Å².